The molecule has 0 bridgehead atoms. The maximum absolute atomic E-state index is 13.6. The molecule has 2 fully saturated rings. The van der Waals surface area contributed by atoms with Crippen LogP contribution in [0.3, 0.4) is 0 Å². The van der Waals surface area contributed by atoms with Gasteiger partial charge in [0.05, 0.1) is 24.5 Å². The Balaban J connectivity index is 1.43. The molecule has 0 unspecified atom stereocenters. The van der Waals surface area contributed by atoms with Gasteiger partial charge in [0.25, 0.3) is 0 Å². The van der Waals surface area contributed by atoms with E-state index in [4.69, 9.17) is 26.8 Å². The van der Waals surface area contributed by atoms with Crippen LogP contribution in [0.2, 0.25) is 5.02 Å². The molecule has 4 rings (SSSR count). The Kier molecular flexibility index (Phi) is 8.53. The first kappa shape index (κ1) is 26.0. The number of anilines is 2. The molecule has 2 aromatic rings. The SMILES string of the molecule is COCCOC(=O)N(C)[C@@H]1CN(C(=O)C2CCN(c3ccc(N)cn3)CC2)C[C@H]1c1ccc(Cl)cc1. The molecule has 10 heteroatoms. The van der Waals surface area contributed by atoms with Gasteiger partial charge in [-0.3, -0.25) is 4.79 Å². The molecule has 0 saturated carbocycles. The summed E-state index contributed by atoms with van der Waals surface area (Å²) in [5.41, 5.74) is 7.43. The molecule has 36 heavy (non-hydrogen) atoms. The normalized spacial score (nSPS) is 20.4. The van der Waals surface area contributed by atoms with Crippen molar-refractivity contribution in [1.29, 1.82) is 0 Å². The van der Waals surface area contributed by atoms with Crippen molar-refractivity contribution in [2.75, 3.05) is 64.2 Å². The summed E-state index contributed by atoms with van der Waals surface area (Å²) in [4.78, 5) is 36.4. The summed E-state index contributed by atoms with van der Waals surface area (Å²) in [7, 11) is 3.29. The number of benzene rings is 1. The second kappa shape index (κ2) is 11.8. The summed E-state index contributed by atoms with van der Waals surface area (Å²) >= 11 is 6.11. The monoisotopic (exact) mass is 515 g/mol. The van der Waals surface area contributed by atoms with Crippen LogP contribution in [-0.2, 0) is 14.3 Å². The van der Waals surface area contributed by atoms with E-state index in [1.165, 1.54) is 0 Å². The summed E-state index contributed by atoms with van der Waals surface area (Å²) < 4.78 is 10.3. The van der Waals surface area contributed by atoms with E-state index in [1.807, 2.05) is 41.3 Å². The van der Waals surface area contributed by atoms with Gasteiger partial charge in [-0.25, -0.2) is 9.78 Å². The summed E-state index contributed by atoms with van der Waals surface area (Å²) in [6.07, 6.45) is 2.75. The lowest BCUT2D eigenvalue weighted by molar-refractivity contribution is -0.135. The highest BCUT2D eigenvalue weighted by Gasteiger charge is 2.42. The van der Waals surface area contributed by atoms with Gasteiger partial charge in [-0.15, -0.1) is 0 Å². The number of piperidine rings is 1. The zero-order valence-electron chi connectivity index (χ0n) is 20.8. The number of aromatic nitrogens is 1. The Bertz CT molecular complexity index is 1030. The molecule has 0 radical (unpaired) electrons. The number of nitrogens with zero attached hydrogens (tertiary/aromatic N) is 4. The Hall–Kier alpha value is -3.04. The van der Waals surface area contributed by atoms with E-state index in [1.54, 1.807) is 25.3 Å². The van der Waals surface area contributed by atoms with Crippen molar-refractivity contribution >= 4 is 35.1 Å². The number of nitrogen functional groups attached to an aromatic ring is 1. The number of ether oxygens (including phenoxy) is 2. The fraction of sp³-hybridized carbons (Fsp3) is 0.500. The molecule has 1 aromatic carbocycles. The van der Waals surface area contributed by atoms with Crippen molar-refractivity contribution < 1.29 is 19.1 Å². The van der Waals surface area contributed by atoms with Crippen molar-refractivity contribution in [1.82, 2.24) is 14.8 Å². The fourth-order valence-electron chi connectivity index (χ4n) is 5.04. The van der Waals surface area contributed by atoms with Crippen LogP contribution < -0.4 is 10.6 Å². The summed E-state index contributed by atoms with van der Waals surface area (Å²) in [5.74, 6) is 0.930. The molecule has 3 heterocycles. The maximum Gasteiger partial charge on any atom is 0.409 e. The van der Waals surface area contributed by atoms with Gasteiger partial charge in [0.15, 0.2) is 0 Å². The van der Waals surface area contributed by atoms with E-state index in [0.717, 1.165) is 37.3 Å². The summed E-state index contributed by atoms with van der Waals surface area (Å²) in [5, 5.41) is 0.649. The zero-order valence-corrected chi connectivity index (χ0v) is 21.6. The smallest absolute Gasteiger partial charge is 0.409 e. The highest BCUT2D eigenvalue weighted by molar-refractivity contribution is 6.30. The van der Waals surface area contributed by atoms with Gasteiger partial charge in [-0.05, 0) is 42.7 Å². The van der Waals surface area contributed by atoms with Gasteiger partial charge in [-0.2, -0.15) is 0 Å². The number of halogens is 1. The predicted molar refractivity (Wildman–Crippen MR) is 139 cm³/mol. The van der Waals surface area contributed by atoms with E-state index >= 15 is 0 Å². The second-order valence-electron chi connectivity index (χ2n) is 9.40. The van der Waals surface area contributed by atoms with Crippen LogP contribution in [0.15, 0.2) is 42.6 Å². The number of amides is 2. The molecule has 0 aliphatic carbocycles. The van der Waals surface area contributed by atoms with Gasteiger partial charge in [0.2, 0.25) is 5.91 Å². The minimum absolute atomic E-state index is 0.0368. The standard InChI is InChI=1S/C26H34ClN5O4/c1-30(26(34)36-14-13-35-2)23-17-32(16-22(23)18-3-5-20(27)6-4-18)25(33)19-9-11-31(12-10-19)24-8-7-21(28)15-29-24/h3-8,15,19,22-23H,9-14,16-17,28H2,1-2H3/t22-,23+/m0/s1. The fourth-order valence-corrected chi connectivity index (χ4v) is 5.17. The molecular weight excluding hydrogens is 482 g/mol. The van der Waals surface area contributed by atoms with E-state index in [-0.39, 0.29) is 30.4 Å². The number of hydrogen-bond acceptors (Lipinski definition) is 7. The first-order chi connectivity index (χ1) is 17.4. The van der Waals surface area contributed by atoms with Crippen LogP contribution in [-0.4, -0.2) is 86.4 Å². The van der Waals surface area contributed by atoms with Crippen LogP contribution >= 0.6 is 11.6 Å². The number of hydrogen-bond donors (Lipinski definition) is 1. The number of carbonyl (C=O) groups excluding carboxylic acids is 2. The quantitative estimate of drug-likeness (QED) is 0.565. The molecule has 2 aliphatic rings. The maximum atomic E-state index is 13.6. The average molecular weight is 516 g/mol. The number of carbonyl (C=O) groups is 2. The van der Waals surface area contributed by atoms with Gasteiger partial charge in [-0.1, -0.05) is 23.7 Å². The molecule has 2 N–H and O–H groups in total. The lowest BCUT2D eigenvalue weighted by Crippen LogP contribution is -2.44. The van der Waals surface area contributed by atoms with Crippen LogP contribution in [0.4, 0.5) is 16.3 Å². The summed E-state index contributed by atoms with van der Waals surface area (Å²) in [6, 6.07) is 11.2. The molecule has 2 aliphatic heterocycles. The number of likely N-dealkylation sites (N-methyl/N-ethyl adjacent to an activating group) is 1. The lowest BCUT2D eigenvalue weighted by Gasteiger charge is -2.34. The lowest BCUT2D eigenvalue weighted by atomic mass is 9.93. The third-order valence-corrected chi connectivity index (χ3v) is 7.39. The molecule has 194 valence electrons. The topological polar surface area (TPSA) is 101 Å². The largest absolute Gasteiger partial charge is 0.447 e. The zero-order chi connectivity index (χ0) is 25.7. The van der Waals surface area contributed by atoms with Gasteiger partial charge >= 0.3 is 6.09 Å². The second-order valence-corrected chi connectivity index (χ2v) is 9.83. The van der Waals surface area contributed by atoms with Gasteiger partial charge < -0.3 is 29.9 Å². The van der Waals surface area contributed by atoms with E-state index < -0.39 is 6.09 Å². The highest BCUT2D eigenvalue weighted by Crippen LogP contribution is 2.34. The Labute approximate surface area is 217 Å². The minimum Gasteiger partial charge on any atom is -0.447 e. The van der Waals surface area contributed by atoms with Gasteiger partial charge in [0.1, 0.15) is 12.4 Å². The number of nitrogens with two attached hydrogens (primary N) is 1. The van der Waals surface area contributed by atoms with E-state index in [9.17, 15) is 9.59 Å². The molecule has 2 amide bonds. The van der Waals surface area contributed by atoms with Crippen molar-refractivity contribution in [2.24, 2.45) is 5.92 Å². The van der Waals surface area contributed by atoms with E-state index in [2.05, 4.69) is 9.88 Å². The van der Waals surface area contributed by atoms with Crippen molar-refractivity contribution in [3.8, 4) is 0 Å². The van der Waals surface area contributed by atoms with Crippen LogP contribution in [0, 0.1) is 5.92 Å². The van der Waals surface area contributed by atoms with Crippen molar-refractivity contribution in [2.45, 2.75) is 24.8 Å². The van der Waals surface area contributed by atoms with E-state index in [0.29, 0.717) is 30.4 Å². The molecule has 2 atom stereocenters. The first-order valence-electron chi connectivity index (χ1n) is 12.3. The molecule has 0 spiro atoms. The Morgan fingerprint density at radius 2 is 1.83 bits per heavy atom. The predicted octanol–water partition coefficient (Wildman–Crippen LogP) is 3.24. The Morgan fingerprint density at radius 3 is 2.47 bits per heavy atom. The van der Waals surface area contributed by atoms with Crippen molar-refractivity contribution in [3.63, 3.8) is 0 Å². The highest BCUT2D eigenvalue weighted by atomic mass is 35.5. The Morgan fingerprint density at radius 1 is 1.11 bits per heavy atom. The van der Waals surface area contributed by atoms with Crippen molar-refractivity contribution in [3.05, 3.63) is 53.2 Å². The molecule has 2 saturated heterocycles. The average Bonchev–Trinajstić information content (AvgIpc) is 3.34. The minimum atomic E-state index is -0.422. The summed E-state index contributed by atoms with van der Waals surface area (Å²) in [6.45, 7) is 3.04. The number of pyridine rings is 1. The van der Waals surface area contributed by atoms with Crippen LogP contribution in [0.25, 0.3) is 0 Å². The molecule has 1 aromatic heterocycles. The van der Waals surface area contributed by atoms with Crippen LogP contribution in [0.1, 0.15) is 24.3 Å². The molecular formula is C26H34ClN5O4. The third-order valence-electron chi connectivity index (χ3n) is 7.14. The first-order valence-corrected chi connectivity index (χ1v) is 12.6. The van der Waals surface area contributed by atoms with Gasteiger partial charge in [0, 0.05) is 57.2 Å². The third kappa shape index (κ3) is 6.02. The van der Waals surface area contributed by atoms with Crippen LogP contribution in [0.5, 0.6) is 0 Å². The number of likely N-dealkylation sites (tertiary alicyclic amines) is 1. The molecule has 9 nitrogen and oxygen atoms in total. The number of rotatable bonds is 7. The number of methoxy groups -OCH3 is 1.